The van der Waals surface area contributed by atoms with Crippen molar-refractivity contribution in [3.8, 4) is 11.3 Å². The third-order valence-electron chi connectivity index (χ3n) is 5.85. The highest BCUT2D eigenvalue weighted by molar-refractivity contribution is 6.50. The summed E-state index contributed by atoms with van der Waals surface area (Å²) >= 11 is 0. The van der Waals surface area contributed by atoms with Crippen LogP contribution in [0.2, 0.25) is 0 Å². The van der Waals surface area contributed by atoms with E-state index in [1.54, 1.807) is 16.8 Å². The topological polar surface area (TPSA) is 3.88 Å². The van der Waals surface area contributed by atoms with Crippen LogP contribution >= 0.6 is 0 Å². The third-order valence-corrected chi connectivity index (χ3v) is 5.85. The minimum absolute atomic E-state index is 0.987. The Labute approximate surface area is 174 Å². The molecule has 5 rings (SSSR count). The summed E-state index contributed by atoms with van der Waals surface area (Å²) in [7, 11) is -6.00. The van der Waals surface area contributed by atoms with Crippen LogP contribution in [-0.4, -0.2) is 7.25 Å². The van der Waals surface area contributed by atoms with Crippen molar-refractivity contribution in [2.24, 2.45) is 0 Å². The van der Waals surface area contributed by atoms with Crippen molar-refractivity contribution in [3.05, 3.63) is 88.6 Å². The molecule has 30 heavy (non-hydrogen) atoms. The molecule has 0 saturated carbocycles. The van der Waals surface area contributed by atoms with Gasteiger partial charge in [-0.25, -0.2) is 0 Å². The molecule has 0 aliphatic heterocycles. The lowest BCUT2D eigenvalue weighted by molar-refractivity contribution is -0.686. The predicted octanol–water partition coefficient (Wildman–Crippen LogP) is 5.97. The van der Waals surface area contributed by atoms with E-state index in [2.05, 4.69) is 65.2 Å². The molecule has 6 heteroatoms. The molecule has 2 aromatic carbocycles. The van der Waals surface area contributed by atoms with Gasteiger partial charge in [0.2, 0.25) is 5.69 Å². The summed E-state index contributed by atoms with van der Waals surface area (Å²) in [5, 5.41) is 0. The average Bonchev–Trinajstić information content (AvgIpc) is 2.73. The lowest BCUT2D eigenvalue weighted by Gasteiger charge is -2.23. The Hall–Kier alpha value is -2.63. The van der Waals surface area contributed by atoms with Crippen LogP contribution in [0.3, 0.4) is 0 Å². The maximum absolute atomic E-state index is 9.75. The average molecular weight is 413 g/mol. The molecule has 1 heterocycles. The lowest BCUT2D eigenvalue weighted by Crippen LogP contribution is -2.45. The molecule has 0 atom stereocenters. The summed E-state index contributed by atoms with van der Waals surface area (Å²) in [5.41, 5.74) is 10.6. The summed E-state index contributed by atoms with van der Waals surface area (Å²) in [6.45, 7) is 0.987. The van der Waals surface area contributed by atoms with E-state index in [-0.39, 0.29) is 0 Å². The van der Waals surface area contributed by atoms with Crippen molar-refractivity contribution in [2.45, 2.75) is 45.1 Å². The first-order chi connectivity index (χ1) is 14.4. The zero-order valence-corrected chi connectivity index (χ0v) is 16.8. The minimum Gasteiger partial charge on any atom is -0.418 e. The van der Waals surface area contributed by atoms with Crippen molar-refractivity contribution in [1.29, 1.82) is 0 Å². The number of pyridine rings is 1. The summed E-state index contributed by atoms with van der Waals surface area (Å²) in [5.74, 6) is 0. The Morgan fingerprint density at radius 1 is 0.700 bits per heavy atom. The van der Waals surface area contributed by atoms with Gasteiger partial charge in [-0.3, -0.25) is 0 Å². The molecular formula is C24H24BF4N. The van der Waals surface area contributed by atoms with Crippen molar-refractivity contribution in [2.75, 3.05) is 0 Å². The van der Waals surface area contributed by atoms with Crippen LogP contribution < -0.4 is 4.57 Å². The summed E-state index contributed by atoms with van der Waals surface area (Å²) < 4.78 is 41.6. The molecule has 0 fully saturated rings. The third kappa shape index (κ3) is 4.74. The number of aromatic nitrogens is 1. The van der Waals surface area contributed by atoms with Crippen LogP contribution in [0.15, 0.2) is 60.7 Å². The first kappa shape index (κ1) is 20.6. The predicted molar refractivity (Wildman–Crippen MR) is 112 cm³/mol. The van der Waals surface area contributed by atoms with E-state index in [1.165, 1.54) is 60.9 Å². The van der Waals surface area contributed by atoms with Gasteiger partial charge in [0, 0.05) is 28.7 Å². The van der Waals surface area contributed by atoms with Gasteiger partial charge in [0.25, 0.3) is 0 Å². The first-order valence-corrected chi connectivity index (χ1v) is 10.5. The van der Waals surface area contributed by atoms with Crippen LogP contribution in [0.5, 0.6) is 0 Å². The van der Waals surface area contributed by atoms with Gasteiger partial charge in [-0.05, 0) is 49.8 Å². The van der Waals surface area contributed by atoms with Gasteiger partial charge in [0.15, 0.2) is 12.2 Å². The highest BCUT2D eigenvalue weighted by atomic mass is 19.5. The molecule has 0 radical (unpaired) electrons. The van der Waals surface area contributed by atoms with Crippen LogP contribution in [0.1, 0.15) is 40.8 Å². The SMILES string of the molecule is F[B-](F)(F)F.c1ccc(C[n+]2c3c(cc4c2-c2ccccc2CC4)CCCC3)cc1. The fourth-order valence-electron chi connectivity index (χ4n) is 4.65. The van der Waals surface area contributed by atoms with Crippen molar-refractivity contribution < 1.29 is 21.8 Å². The summed E-state index contributed by atoms with van der Waals surface area (Å²) in [4.78, 5) is 0. The molecule has 0 unspecified atom stereocenters. The molecule has 0 bridgehead atoms. The Balaban J connectivity index is 0.000000393. The zero-order valence-electron chi connectivity index (χ0n) is 16.8. The maximum atomic E-state index is 9.75. The van der Waals surface area contributed by atoms with E-state index in [0.717, 1.165) is 6.54 Å². The standard InChI is InChI=1S/C24H24N.BF4/c1-2-8-18(9-3-1)17-25-23-13-7-5-11-20(23)16-21-15-14-19-10-4-6-12-22(19)24(21)25;2-1(3,4)5/h1-4,6,8-10,12,16H,5,7,11,13-15,17H2;/q+1;-1. The van der Waals surface area contributed by atoms with Gasteiger partial charge < -0.3 is 17.3 Å². The van der Waals surface area contributed by atoms with E-state index >= 15 is 0 Å². The van der Waals surface area contributed by atoms with Gasteiger partial charge in [0.1, 0.15) is 0 Å². The number of hydrogen-bond acceptors (Lipinski definition) is 0. The number of halogens is 4. The van der Waals surface area contributed by atoms with Crippen LogP contribution in [0.4, 0.5) is 17.3 Å². The second kappa shape index (κ2) is 8.62. The highest BCUT2D eigenvalue weighted by Crippen LogP contribution is 2.34. The van der Waals surface area contributed by atoms with E-state index in [0.29, 0.717) is 0 Å². The number of nitrogens with zero attached hydrogens (tertiary/aromatic N) is 1. The van der Waals surface area contributed by atoms with Crippen LogP contribution in [0, 0.1) is 0 Å². The molecule has 1 aromatic heterocycles. The first-order valence-electron chi connectivity index (χ1n) is 10.5. The van der Waals surface area contributed by atoms with Crippen molar-refractivity contribution >= 4 is 7.25 Å². The second-order valence-electron chi connectivity index (χ2n) is 7.92. The van der Waals surface area contributed by atoms with E-state index in [9.17, 15) is 17.3 Å². The largest absolute Gasteiger partial charge is 0.673 e. The smallest absolute Gasteiger partial charge is 0.418 e. The van der Waals surface area contributed by atoms with E-state index < -0.39 is 7.25 Å². The number of benzene rings is 2. The van der Waals surface area contributed by atoms with E-state index in [1.807, 2.05) is 0 Å². The molecule has 1 nitrogen and oxygen atoms in total. The molecule has 2 aliphatic rings. The number of aryl methyl sites for hydroxylation is 3. The van der Waals surface area contributed by atoms with Crippen LogP contribution in [-0.2, 0) is 32.2 Å². The Bertz CT molecular complexity index is 1030. The molecule has 2 aliphatic carbocycles. The number of rotatable bonds is 2. The van der Waals surface area contributed by atoms with Gasteiger partial charge in [-0.15, -0.1) is 0 Å². The summed E-state index contributed by atoms with van der Waals surface area (Å²) in [6, 6.07) is 22.5. The van der Waals surface area contributed by atoms with Crippen molar-refractivity contribution in [3.63, 3.8) is 0 Å². The lowest BCUT2D eigenvalue weighted by atomic mass is 9.85. The summed E-state index contributed by atoms with van der Waals surface area (Å²) in [6.07, 6.45) is 7.48. The molecule has 156 valence electrons. The van der Waals surface area contributed by atoms with Gasteiger partial charge >= 0.3 is 7.25 Å². The highest BCUT2D eigenvalue weighted by Gasteiger charge is 2.31. The normalized spacial score (nSPS) is 14.7. The fourth-order valence-corrected chi connectivity index (χ4v) is 4.65. The van der Waals surface area contributed by atoms with Crippen LogP contribution in [0.25, 0.3) is 11.3 Å². The van der Waals surface area contributed by atoms with Gasteiger partial charge in [-0.2, -0.15) is 4.57 Å². The molecule has 0 saturated heterocycles. The van der Waals surface area contributed by atoms with Crippen molar-refractivity contribution in [1.82, 2.24) is 0 Å². The molecular weight excluding hydrogens is 389 g/mol. The Kier molecular flexibility index (Phi) is 5.93. The molecule has 3 aromatic rings. The fraction of sp³-hybridized carbons (Fsp3) is 0.292. The molecule has 0 amide bonds. The van der Waals surface area contributed by atoms with E-state index in [4.69, 9.17) is 0 Å². The zero-order chi connectivity index (χ0) is 21.1. The number of hydrogen-bond donors (Lipinski definition) is 0. The maximum Gasteiger partial charge on any atom is 0.673 e. The van der Waals surface area contributed by atoms with Gasteiger partial charge in [0.05, 0.1) is 0 Å². The minimum atomic E-state index is -6.00. The Morgan fingerprint density at radius 3 is 2.10 bits per heavy atom. The van der Waals surface area contributed by atoms with Gasteiger partial charge in [-0.1, -0.05) is 48.5 Å². The molecule has 0 spiro atoms. The monoisotopic (exact) mass is 413 g/mol. The molecule has 0 N–H and O–H groups in total. The number of fused-ring (bicyclic) bond motifs is 4. The quantitative estimate of drug-likeness (QED) is 0.277. The second-order valence-corrected chi connectivity index (χ2v) is 7.92. The Morgan fingerprint density at radius 2 is 1.33 bits per heavy atom.